The number of aromatic nitrogens is 3. The molecule has 28 heavy (non-hydrogen) atoms. The smallest absolute Gasteiger partial charge is 0.284 e. The van der Waals surface area contributed by atoms with Gasteiger partial charge in [-0.1, -0.05) is 16.9 Å². The van der Waals surface area contributed by atoms with Gasteiger partial charge in [-0.15, -0.1) is 11.3 Å². The maximum absolute atomic E-state index is 12.4. The minimum atomic E-state index is -0.501. The second-order valence-corrected chi connectivity index (χ2v) is 8.45. The Hall–Kier alpha value is -2.79. The summed E-state index contributed by atoms with van der Waals surface area (Å²) in [6.07, 6.45) is 2.11. The fraction of sp³-hybridized carbons (Fsp3) is 0.294. The number of rotatable bonds is 7. The van der Waals surface area contributed by atoms with Gasteiger partial charge < -0.3 is 9.84 Å². The van der Waals surface area contributed by atoms with E-state index in [9.17, 15) is 14.9 Å². The molecule has 0 spiro atoms. The fourth-order valence-corrected chi connectivity index (χ4v) is 4.34. The van der Waals surface area contributed by atoms with E-state index >= 15 is 0 Å². The van der Waals surface area contributed by atoms with E-state index in [1.807, 2.05) is 12.3 Å². The summed E-state index contributed by atoms with van der Waals surface area (Å²) >= 11 is 2.62. The predicted octanol–water partition coefficient (Wildman–Crippen LogP) is 3.70. The van der Waals surface area contributed by atoms with Crippen LogP contribution in [-0.2, 0) is 6.54 Å². The van der Waals surface area contributed by atoms with Crippen molar-refractivity contribution >= 4 is 34.7 Å². The molecule has 1 amide bonds. The molecule has 4 rings (SSSR count). The monoisotopic (exact) mass is 417 g/mol. The Bertz CT molecular complexity index is 1040. The molecule has 0 aliphatic heterocycles. The largest absolute Gasteiger partial charge is 0.343 e. The van der Waals surface area contributed by atoms with Gasteiger partial charge in [0.05, 0.1) is 16.4 Å². The highest BCUT2D eigenvalue weighted by atomic mass is 32.2. The molecule has 2 heterocycles. The highest BCUT2D eigenvalue weighted by Gasteiger charge is 2.28. The van der Waals surface area contributed by atoms with Gasteiger partial charge in [-0.25, -0.2) is 4.98 Å². The van der Waals surface area contributed by atoms with Crippen molar-refractivity contribution < 1.29 is 14.2 Å². The summed E-state index contributed by atoms with van der Waals surface area (Å²) in [5, 5.41) is 19.9. The summed E-state index contributed by atoms with van der Waals surface area (Å²) in [5.41, 5.74) is 0.907. The van der Waals surface area contributed by atoms with Crippen molar-refractivity contribution in [3.63, 3.8) is 0 Å². The molecular formula is C17H15N5O4S2. The summed E-state index contributed by atoms with van der Waals surface area (Å²) in [5.74, 6) is 0.896. The molecule has 0 radical (unpaired) electrons. The van der Waals surface area contributed by atoms with Gasteiger partial charge in [0, 0.05) is 28.6 Å². The summed E-state index contributed by atoms with van der Waals surface area (Å²) in [6.45, 7) is 1.93. The maximum Gasteiger partial charge on any atom is 0.284 e. The quantitative estimate of drug-likeness (QED) is 0.456. The average Bonchev–Trinajstić information content (AvgIpc) is 3.28. The third-order valence-corrected chi connectivity index (χ3v) is 6.16. The molecule has 1 saturated carbocycles. The van der Waals surface area contributed by atoms with Gasteiger partial charge in [0.2, 0.25) is 5.89 Å². The summed E-state index contributed by atoms with van der Waals surface area (Å²) in [4.78, 5) is 32.3. The Kier molecular flexibility index (Phi) is 5.09. The number of aryl methyl sites for hydroxylation is 1. The lowest BCUT2D eigenvalue weighted by molar-refractivity contribution is -0.387. The molecule has 9 nitrogen and oxygen atoms in total. The van der Waals surface area contributed by atoms with Crippen LogP contribution < -0.4 is 5.32 Å². The van der Waals surface area contributed by atoms with Crippen molar-refractivity contribution in [1.82, 2.24) is 20.4 Å². The number of amides is 1. The number of nitro groups is 1. The van der Waals surface area contributed by atoms with E-state index in [4.69, 9.17) is 4.52 Å². The first kappa shape index (κ1) is 18.6. The van der Waals surface area contributed by atoms with Crippen LogP contribution in [0.25, 0.3) is 0 Å². The Balaban J connectivity index is 1.46. The van der Waals surface area contributed by atoms with E-state index in [0.29, 0.717) is 26.9 Å². The van der Waals surface area contributed by atoms with E-state index < -0.39 is 10.8 Å². The van der Waals surface area contributed by atoms with E-state index in [2.05, 4.69) is 20.4 Å². The zero-order chi connectivity index (χ0) is 19.7. The molecule has 0 bridgehead atoms. The van der Waals surface area contributed by atoms with Gasteiger partial charge in [0.1, 0.15) is 0 Å². The van der Waals surface area contributed by atoms with E-state index in [-0.39, 0.29) is 17.8 Å². The molecule has 0 unspecified atom stereocenters. The van der Waals surface area contributed by atoms with Gasteiger partial charge >= 0.3 is 0 Å². The number of carbonyl (C=O) groups excluding carboxylic acids is 1. The van der Waals surface area contributed by atoms with E-state index in [1.165, 1.54) is 29.2 Å². The lowest BCUT2D eigenvalue weighted by atomic mass is 10.2. The standard InChI is InChI=1S/C17H15N5O4S2/c1-9-8-27-17(19-9)28-13-5-4-11(6-12(13)22(24)25)16(23)18-7-14-20-15(21-26-14)10-2-3-10/h4-6,8,10H,2-3,7H2,1H3,(H,18,23). The maximum atomic E-state index is 12.4. The van der Waals surface area contributed by atoms with Gasteiger partial charge in [0.15, 0.2) is 10.2 Å². The Labute approximate surface area is 167 Å². The van der Waals surface area contributed by atoms with Crippen LogP contribution >= 0.6 is 23.1 Å². The first-order valence-corrected chi connectivity index (χ1v) is 10.2. The number of carbonyl (C=O) groups is 1. The molecule has 1 fully saturated rings. The molecule has 0 saturated heterocycles. The molecule has 1 aromatic carbocycles. The number of nitrogens with zero attached hydrogens (tertiary/aromatic N) is 4. The number of nitro benzene ring substituents is 1. The Morgan fingerprint density at radius 3 is 2.93 bits per heavy atom. The van der Waals surface area contributed by atoms with Crippen LogP contribution in [0.1, 0.15) is 46.5 Å². The number of benzene rings is 1. The molecule has 1 aliphatic carbocycles. The van der Waals surface area contributed by atoms with E-state index in [0.717, 1.165) is 18.5 Å². The highest BCUT2D eigenvalue weighted by Crippen LogP contribution is 2.38. The van der Waals surface area contributed by atoms with Crippen LogP contribution in [-0.4, -0.2) is 26.0 Å². The van der Waals surface area contributed by atoms with Gasteiger partial charge in [-0.05, 0) is 31.9 Å². The topological polar surface area (TPSA) is 124 Å². The van der Waals surface area contributed by atoms with Crippen molar-refractivity contribution in [1.29, 1.82) is 0 Å². The minimum Gasteiger partial charge on any atom is -0.343 e. The molecule has 3 aromatic rings. The molecule has 1 N–H and O–H groups in total. The van der Waals surface area contributed by atoms with Crippen LogP contribution in [0.5, 0.6) is 0 Å². The third kappa shape index (κ3) is 4.20. The zero-order valence-corrected chi connectivity index (χ0v) is 16.4. The second-order valence-electron chi connectivity index (χ2n) is 6.30. The zero-order valence-electron chi connectivity index (χ0n) is 14.7. The van der Waals surface area contributed by atoms with Crippen LogP contribution in [0.2, 0.25) is 0 Å². The number of hydrogen-bond acceptors (Lipinski definition) is 9. The molecular weight excluding hydrogens is 402 g/mol. The van der Waals surface area contributed by atoms with Gasteiger partial charge in [-0.3, -0.25) is 14.9 Å². The van der Waals surface area contributed by atoms with Crippen molar-refractivity contribution in [3.05, 3.63) is 56.7 Å². The van der Waals surface area contributed by atoms with Crippen molar-refractivity contribution in [2.45, 2.75) is 41.5 Å². The van der Waals surface area contributed by atoms with Crippen molar-refractivity contribution in [3.8, 4) is 0 Å². The average molecular weight is 417 g/mol. The molecule has 11 heteroatoms. The van der Waals surface area contributed by atoms with Crippen LogP contribution in [0.15, 0.2) is 37.3 Å². The molecule has 2 aromatic heterocycles. The number of nitrogens with one attached hydrogen (secondary N) is 1. The van der Waals surface area contributed by atoms with Gasteiger partial charge in [0.25, 0.3) is 11.6 Å². The Morgan fingerprint density at radius 1 is 1.43 bits per heavy atom. The van der Waals surface area contributed by atoms with Crippen LogP contribution in [0.4, 0.5) is 5.69 Å². The van der Waals surface area contributed by atoms with Crippen molar-refractivity contribution in [2.75, 3.05) is 0 Å². The minimum absolute atomic E-state index is 0.0707. The Morgan fingerprint density at radius 2 is 2.25 bits per heavy atom. The summed E-state index contributed by atoms with van der Waals surface area (Å²) in [7, 11) is 0. The molecule has 144 valence electrons. The lowest BCUT2D eigenvalue weighted by Gasteiger charge is -2.05. The van der Waals surface area contributed by atoms with Crippen LogP contribution in [0, 0.1) is 17.0 Å². The van der Waals surface area contributed by atoms with Crippen LogP contribution in [0.3, 0.4) is 0 Å². The molecule has 1 aliphatic rings. The first-order valence-electron chi connectivity index (χ1n) is 8.48. The van der Waals surface area contributed by atoms with E-state index in [1.54, 1.807) is 12.1 Å². The second kappa shape index (κ2) is 7.68. The lowest BCUT2D eigenvalue weighted by Crippen LogP contribution is -2.23. The SMILES string of the molecule is Cc1csc(Sc2ccc(C(=O)NCc3nc(C4CC4)no3)cc2[N+](=O)[O-])n1. The van der Waals surface area contributed by atoms with Crippen molar-refractivity contribution in [2.24, 2.45) is 0 Å². The molecule has 0 atom stereocenters. The third-order valence-electron chi connectivity index (χ3n) is 4.04. The fourth-order valence-electron chi connectivity index (χ4n) is 2.47. The first-order chi connectivity index (χ1) is 13.5. The normalized spacial score (nSPS) is 13.5. The van der Waals surface area contributed by atoms with Gasteiger partial charge in [-0.2, -0.15) is 4.98 Å². The predicted molar refractivity (Wildman–Crippen MR) is 102 cm³/mol. The number of thiazole rings is 1. The summed E-state index contributed by atoms with van der Waals surface area (Å²) < 4.78 is 5.82. The summed E-state index contributed by atoms with van der Waals surface area (Å²) in [6, 6.07) is 4.38. The number of hydrogen-bond donors (Lipinski definition) is 1. The highest BCUT2D eigenvalue weighted by molar-refractivity contribution is 8.01.